The van der Waals surface area contributed by atoms with Gasteiger partial charge in [-0.05, 0) is 19.3 Å². The van der Waals surface area contributed by atoms with E-state index in [2.05, 4.69) is 4.90 Å². The van der Waals surface area contributed by atoms with Crippen molar-refractivity contribution in [3.8, 4) is 0 Å². The van der Waals surface area contributed by atoms with Gasteiger partial charge in [0.25, 0.3) is 0 Å². The molecule has 1 unspecified atom stereocenters. The maximum Gasteiger partial charge on any atom is 0.312 e. The minimum atomic E-state index is -1.27. The number of ether oxygens (including phenoxy) is 3. The molecule has 2 amide bonds. The summed E-state index contributed by atoms with van der Waals surface area (Å²) in [6.07, 6.45) is 9.39. The zero-order valence-electron chi connectivity index (χ0n) is 20.0. The monoisotopic (exact) mass is 489 g/mol. The van der Waals surface area contributed by atoms with Crippen LogP contribution < -0.4 is 0 Å². The summed E-state index contributed by atoms with van der Waals surface area (Å²) in [7, 11) is 0. The van der Waals surface area contributed by atoms with E-state index in [1.54, 1.807) is 4.90 Å². The largest absolute Gasteiger partial charge is 0.465 e. The number of aliphatic hydroxyl groups is 1. The Morgan fingerprint density at radius 3 is 2.63 bits per heavy atom. The first-order valence-corrected chi connectivity index (χ1v) is 12.8. The van der Waals surface area contributed by atoms with Crippen LogP contribution in [-0.2, 0) is 28.6 Å². The molecule has 10 nitrogen and oxygen atoms in total. The van der Waals surface area contributed by atoms with E-state index in [1.807, 2.05) is 24.3 Å². The van der Waals surface area contributed by atoms with E-state index < -0.39 is 35.6 Å². The number of hydrogen-bond acceptors (Lipinski definition) is 8. The summed E-state index contributed by atoms with van der Waals surface area (Å²) >= 11 is 0. The highest BCUT2D eigenvalue weighted by Gasteiger charge is 2.71. The fourth-order valence-corrected chi connectivity index (χ4v) is 6.10. The number of β-amino-alcohol motifs (C(OH)–C–C–N with tert-alkyl or cyclic N) is 1. The van der Waals surface area contributed by atoms with Gasteiger partial charge in [0.15, 0.2) is 0 Å². The first-order chi connectivity index (χ1) is 17.1. The van der Waals surface area contributed by atoms with Gasteiger partial charge in [-0.15, -0.1) is 0 Å². The minimum Gasteiger partial charge on any atom is -0.465 e. The molecule has 3 fully saturated rings. The van der Waals surface area contributed by atoms with Crippen molar-refractivity contribution < 1.29 is 33.7 Å². The standard InChI is InChI=1S/C25H35N3O7/c29-14-11-28-21-23(31)27(10-9-26-12-16-33-17-13-26)8-5-7-25(21)20(22(28)30)19-18(35-25)6-3-1-2-4-15-34-24(19)32/h3,5-7,18-21,29H,1-2,4,8-17H2/b6-3-/t18-,19+,20-,21?,25-/m0/s1. The average molecular weight is 490 g/mol. The summed E-state index contributed by atoms with van der Waals surface area (Å²) in [4.78, 5) is 46.3. The normalized spacial score (nSPS) is 36.9. The molecule has 0 aliphatic carbocycles. The third-order valence-corrected chi connectivity index (χ3v) is 7.82. The smallest absolute Gasteiger partial charge is 0.312 e. The Hall–Kier alpha value is -2.27. The van der Waals surface area contributed by atoms with Crippen molar-refractivity contribution in [3.63, 3.8) is 0 Å². The second-order valence-electron chi connectivity index (χ2n) is 9.83. The highest BCUT2D eigenvalue weighted by molar-refractivity contribution is 5.99. The maximum absolute atomic E-state index is 14.0. The number of carbonyl (C=O) groups excluding carboxylic acids is 3. The summed E-state index contributed by atoms with van der Waals surface area (Å²) in [5.41, 5.74) is -1.27. The van der Waals surface area contributed by atoms with Crippen LogP contribution in [0, 0.1) is 11.8 Å². The van der Waals surface area contributed by atoms with Crippen LogP contribution in [0.3, 0.4) is 0 Å². The third-order valence-electron chi connectivity index (χ3n) is 7.82. The van der Waals surface area contributed by atoms with Gasteiger partial charge in [-0.3, -0.25) is 19.3 Å². The van der Waals surface area contributed by atoms with Crippen LogP contribution in [0.4, 0.5) is 0 Å². The van der Waals surface area contributed by atoms with E-state index >= 15 is 0 Å². The molecular formula is C25H35N3O7. The van der Waals surface area contributed by atoms with Gasteiger partial charge in [0, 0.05) is 39.3 Å². The molecule has 3 saturated heterocycles. The molecular weight excluding hydrogens is 454 g/mol. The predicted molar refractivity (Wildman–Crippen MR) is 124 cm³/mol. The van der Waals surface area contributed by atoms with E-state index in [1.165, 1.54) is 4.90 Å². The number of hydrogen-bond donors (Lipinski definition) is 1. The lowest BCUT2D eigenvalue weighted by Crippen LogP contribution is -2.56. The number of allylic oxidation sites excluding steroid dienone is 1. The van der Waals surface area contributed by atoms with Crippen LogP contribution in [0.1, 0.15) is 19.3 Å². The highest BCUT2D eigenvalue weighted by atomic mass is 16.6. The van der Waals surface area contributed by atoms with Crippen molar-refractivity contribution in [3.05, 3.63) is 24.3 Å². The van der Waals surface area contributed by atoms with E-state index in [-0.39, 0.29) is 25.0 Å². The number of cyclic esters (lactones) is 1. The van der Waals surface area contributed by atoms with Gasteiger partial charge in [-0.1, -0.05) is 24.3 Å². The van der Waals surface area contributed by atoms with E-state index in [0.717, 1.165) is 32.4 Å². The van der Waals surface area contributed by atoms with Gasteiger partial charge in [0.2, 0.25) is 11.8 Å². The van der Waals surface area contributed by atoms with E-state index in [4.69, 9.17) is 14.2 Å². The molecule has 0 radical (unpaired) electrons. The van der Waals surface area contributed by atoms with Crippen molar-refractivity contribution in [2.75, 3.05) is 65.7 Å². The van der Waals surface area contributed by atoms with Crippen molar-refractivity contribution >= 4 is 17.8 Å². The number of carbonyl (C=O) groups is 3. The number of rotatable bonds is 5. The summed E-state index contributed by atoms with van der Waals surface area (Å²) < 4.78 is 17.5. The SMILES string of the molecule is O=C1OCCCC/C=C\[C@@H]2O[C@]34C=CCN(CCN5CCOCC5)C(=O)C3N(CCO)C(=O)[C@@H]4[C@H]12. The van der Waals surface area contributed by atoms with Crippen molar-refractivity contribution in [1.29, 1.82) is 0 Å². The maximum atomic E-state index is 14.0. The lowest BCUT2D eigenvalue weighted by atomic mass is 9.78. The fourth-order valence-electron chi connectivity index (χ4n) is 6.10. The van der Waals surface area contributed by atoms with Gasteiger partial charge < -0.3 is 29.1 Å². The third kappa shape index (κ3) is 4.41. The molecule has 10 heteroatoms. The van der Waals surface area contributed by atoms with E-state index in [9.17, 15) is 19.5 Å². The lowest BCUT2D eigenvalue weighted by molar-refractivity contribution is -0.155. The molecule has 5 atom stereocenters. The number of amides is 2. The summed E-state index contributed by atoms with van der Waals surface area (Å²) in [5.74, 6) is -2.73. The van der Waals surface area contributed by atoms with Gasteiger partial charge in [-0.25, -0.2) is 0 Å². The van der Waals surface area contributed by atoms with Crippen LogP contribution >= 0.6 is 0 Å². The van der Waals surface area contributed by atoms with Crippen LogP contribution in [-0.4, -0.2) is 121 Å². The number of likely N-dealkylation sites (tertiary alicyclic amines) is 1. The molecule has 0 aromatic carbocycles. The number of aliphatic hydroxyl groups excluding tert-OH is 1. The quantitative estimate of drug-likeness (QED) is 0.410. The fraction of sp³-hybridized carbons (Fsp3) is 0.720. The average Bonchev–Trinajstić information content (AvgIpc) is 3.24. The predicted octanol–water partition coefficient (Wildman–Crippen LogP) is -0.427. The van der Waals surface area contributed by atoms with Crippen LogP contribution in [0.5, 0.6) is 0 Å². The molecule has 0 bridgehead atoms. The van der Waals surface area contributed by atoms with Crippen molar-refractivity contribution in [2.45, 2.75) is 37.0 Å². The zero-order chi connectivity index (χ0) is 24.4. The first kappa shape index (κ1) is 24.4. The molecule has 0 saturated carbocycles. The number of esters is 1. The molecule has 192 valence electrons. The van der Waals surface area contributed by atoms with Gasteiger partial charge in [0.1, 0.15) is 17.6 Å². The number of morpholine rings is 1. The highest BCUT2D eigenvalue weighted by Crippen LogP contribution is 2.52. The second-order valence-corrected chi connectivity index (χ2v) is 9.83. The Bertz CT molecular complexity index is 886. The summed E-state index contributed by atoms with van der Waals surface area (Å²) in [5, 5.41) is 9.73. The Balaban J connectivity index is 1.46. The number of fused-ring (bicyclic) bond motifs is 2. The van der Waals surface area contributed by atoms with E-state index in [0.29, 0.717) is 39.5 Å². The van der Waals surface area contributed by atoms with Crippen molar-refractivity contribution in [2.24, 2.45) is 11.8 Å². The van der Waals surface area contributed by atoms with Gasteiger partial charge >= 0.3 is 5.97 Å². The second kappa shape index (κ2) is 10.4. The Morgan fingerprint density at radius 1 is 1.00 bits per heavy atom. The molecule has 5 rings (SSSR count). The molecule has 5 heterocycles. The molecule has 1 N–H and O–H groups in total. The molecule has 0 aromatic rings. The van der Waals surface area contributed by atoms with Crippen LogP contribution in [0.15, 0.2) is 24.3 Å². The molecule has 5 aliphatic heterocycles. The van der Waals surface area contributed by atoms with Gasteiger partial charge in [-0.2, -0.15) is 0 Å². The summed E-state index contributed by atoms with van der Waals surface area (Å²) in [6, 6.07) is -0.936. The Labute approximate surface area is 205 Å². The molecule has 0 aromatic heterocycles. The molecule has 1 spiro atoms. The van der Waals surface area contributed by atoms with Crippen LogP contribution in [0.2, 0.25) is 0 Å². The first-order valence-electron chi connectivity index (χ1n) is 12.8. The Kier molecular flexibility index (Phi) is 7.24. The number of nitrogens with zero attached hydrogens (tertiary/aromatic N) is 3. The van der Waals surface area contributed by atoms with Crippen LogP contribution in [0.25, 0.3) is 0 Å². The zero-order valence-corrected chi connectivity index (χ0v) is 20.0. The Morgan fingerprint density at radius 2 is 1.83 bits per heavy atom. The molecule has 35 heavy (non-hydrogen) atoms. The lowest BCUT2D eigenvalue weighted by Gasteiger charge is -2.36. The minimum absolute atomic E-state index is 0.00423. The topological polar surface area (TPSA) is 109 Å². The molecule has 5 aliphatic rings. The van der Waals surface area contributed by atoms with Gasteiger partial charge in [0.05, 0.1) is 38.4 Å². The van der Waals surface area contributed by atoms with Crippen molar-refractivity contribution in [1.82, 2.24) is 14.7 Å². The summed E-state index contributed by atoms with van der Waals surface area (Å²) in [6.45, 7) is 4.65.